The van der Waals surface area contributed by atoms with Gasteiger partial charge in [-0.3, -0.25) is 4.79 Å². The molecule has 1 fully saturated rings. The van der Waals surface area contributed by atoms with Crippen LogP contribution in [0.4, 0.5) is 0 Å². The normalized spacial score (nSPS) is 22.7. The number of hydrogen-bond donors (Lipinski definition) is 1. The van der Waals surface area contributed by atoms with Crippen molar-refractivity contribution in [3.63, 3.8) is 0 Å². The van der Waals surface area contributed by atoms with E-state index in [1.54, 1.807) is 0 Å². The molecule has 0 aromatic rings. The number of carbonyl (C=O) groups is 1. The third kappa shape index (κ3) is 4.52. The molecule has 1 aliphatic rings. The second-order valence-electron chi connectivity index (χ2n) is 3.15. The van der Waals surface area contributed by atoms with Crippen LogP contribution in [0.1, 0.15) is 25.7 Å². The molecular formula is C9H16O3S. The molecule has 0 radical (unpaired) electrons. The molecule has 1 heterocycles. The molecular weight excluding hydrogens is 188 g/mol. The van der Waals surface area contributed by atoms with Gasteiger partial charge in [0.2, 0.25) is 0 Å². The van der Waals surface area contributed by atoms with Gasteiger partial charge in [0.25, 0.3) is 0 Å². The minimum atomic E-state index is -0.177. The summed E-state index contributed by atoms with van der Waals surface area (Å²) in [6.45, 7) is 1.21. The van der Waals surface area contributed by atoms with Gasteiger partial charge in [0.05, 0.1) is 12.5 Å². The summed E-state index contributed by atoms with van der Waals surface area (Å²) in [6.07, 6.45) is 3.82. The number of rotatable bonds is 4. The van der Waals surface area contributed by atoms with Crippen molar-refractivity contribution in [2.75, 3.05) is 19.0 Å². The van der Waals surface area contributed by atoms with Crippen LogP contribution in [-0.4, -0.2) is 31.0 Å². The van der Waals surface area contributed by atoms with E-state index in [9.17, 15) is 4.79 Å². The third-order valence-corrected chi connectivity index (χ3v) is 2.24. The van der Waals surface area contributed by atoms with Crippen LogP contribution < -0.4 is 0 Å². The summed E-state index contributed by atoms with van der Waals surface area (Å²) in [5, 5.41) is 0. The van der Waals surface area contributed by atoms with Crippen molar-refractivity contribution in [2.45, 2.75) is 31.8 Å². The summed E-state index contributed by atoms with van der Waals surface area (Å²) in [5.74, 6) is 0.369. The van der Waals surface area contributed by atoms with Gasteiger partial charge in [-0.25, -0.2) is 0 Å². The van der Waals surface area contributed by atoms with Gasteiger partial charge in [-0.2, -0.15) is 12.6 Å². The summed E-state index contributed by atoms with van der Waals surface area (Å²) < 4.78 is 10.4. The summed E-state index contributed by atoms with van der Waals surface area (Å²) in [5.41, 5.74) is 0. The van der Waals surface area contributed by atoms with E-state index in [2.05, 4.69) is 12.6 Å². The van der Waals surface area contributed by atoms with Crippen LogP contribution >= 0.6 is 12.6 Å². The fourth-order valence-corrected chi connectivity index (χ4v) is 1.47. The molecule has 0 aromatic carbocycles. The predicted molar refractivity (Wildman–Crippen MR) is 53.0 cm³/mol. The molecule has 0 N–H and O–H groups in total. The van der Waals surface area contributed by atoms with Crippen LogP contribution in [-0.2, 0) is 14.3 Å². The Morgan fingerprint density at radius 2 is 2.38 bits per heavy atom. The molecule has 1 unspecified atom stereocenters. The second kappa shape index (κ2) is 6.27. The molecule has 0 aromatic heterocycles. The highest BCUT2D eigenvalue weighted by Gasteiger charge is 2.15. The SMILES string of the molecule is O=C(CCS)OCC1CCCCO1. The maximum Gasteiger partial charge on any atom is 0.306 e. The highest BCUT2D eigenvalue weighted by Crippen LogP contribution is 2.12. The first-order valence-corrected chi connectivity index (χ1v) is 5.34. The predicted octanol–water partition coefficient (Wildman–Crippen LogP) is 1.42. The first kappa shape index (κ1) is 10.9. The van der Waals surface area contributed by atoms with Crippen LogP contribution in [0.15, 0.2) is 0 Å². The Bertz CT molecular complexity index is 155. The van der Waals surface area contributed by atoms with E-state index in [-0.39, 0.29) is 12.1 Å². The van der Waals surface area contributed by atoms with E-state index in [1.807, 2.05) is 0 Å². The number of ether oxygens (including phenoxy) is 2. The minimum absolute atomic E-state index is 0.123. The quantitative estimate of drug-likeness (QED) is 0.555. The first-order chi connectivity index (χ1) is 6.33. The Labute approximate surface area is 84.2 Å². The Balaban J connectivity index is 2.06. The lowest BCUT2D eigenvalue weighted by Crippen LogP contribution is -2.25. The number of hydrogen-bond acceptors (Lipinski definition) is 4. The largest absolute Gasteiger partial charge is 0.463 e. The average molecular weight is 204 g/mol. The molecule has 0 aliphatic carbocycles. The van der Waals surface area contributed by atoms with E-state index in [0.29, 0.717) is 18.8 Å². The van der Waals surface area contributed by atoms with Gasteiger partial charge in [-0.1, -0.05) is 0 Å². The maximum atomic E-state index is 11.0. The Morgan fingerprint density at radius 1 is 1.54 bits per heavy atom. The van der Waals surface area contributed by atoms with Gasteiger partial charge in [0, 0.05) is 12.4 Å². The first-order valence-electron chi connectivity index (χ1n) is 4.71. The van der Waals surface area contributed by atoms with Crippen LogP contribution in [0.3, 0.4) is 0 Å². The highest BCUT2D eigenvalue weighted by molar-refractivity contribution is 7.80. The monoisotopic (exact) mass is 204 g/mol. The Kier molecular flexibility index (Phi) is 5.23. The fourth-order valence-electron chi connectivity index (χ4n) is 1.29. The number of carbonyl (C=O) groups excluding carboxylic acids is 1. The van der Waals surface area contributed by atoms with Crippen LogP contribution in [0, 0.1) is 0 Å². The minimum Gasteiger partial charge on any atom is -0.463 e. The van der Waals surface area contributed by atoms with E-state index in [4.69, 9.17) is 9.47 Å². The lowest BCUT2D eigenvalue weighted by Gasteiger charge is -2.21. The summed E-state index contributed by atoms with van der Waals surface area (Å²) >= 11 is 3.95. The number of esters is 1. The highest BCUT2D eigenvalue weighted by atomic mass is 32.1. The lowest BCUT2D eigenvalue weighted by atomic mass is 10.1. The van der Waals surface area contributed by atoms with Gasteiger partial charge in [-0.05, 0) is 19.3 Å². The van der Waals surface area contributed by atoms with E-state index in [1.165, 1.54) is 6.42 Å². The summed E-state index contributed by atoms with van der Waals surface area (Å²) in [6, 6.07) is 0. The van der Waals surface area contributed by atoms with Crippen molar-refractivity contribution < 1.29 is 14.3 Å². The third-order valence-electron chi connectivity index (χ3n) is 2.02. The van der Waals surface area contributed by atoms with Crippen molar-refractivity contribution in [1.29, 1.82) is 0 Å². The van der Waals surface area contributed by atoms with Crippen molar-refractivity contribution in [2.24, 2.45) is 0 Å². The standard InChI is InChI=1S/C9H16O3S/c10-9(4-6-13)12-7-8-3-1-2-5-11-8/h8,13H,1-7H2. The van der Waals surface area contributed by atoms with Gasteiger partial charge in [0.15, 0.2) is 0 Å². The molecule has 13 heavy (non-hydrogen) atoms. The zero-order chi connectivity index (χ0) is 9.52. The number of thiol groups is 1. The van der Waals surface area contributed by atoms with Gasteiger partial charge in [-0.15, -0.1) is 0 Å². The topological polar surface area (TPSA) is 35.5 Å². The Morgan fingerprint density at radius 3 is 3.00 bits per heavy atom. The molecule has 1 saturated heterocycles. The van der Waals surface area contributed by atoms with Crippen LogP contribution in [0.25, 0.3) is 0 Å². The van der Waals surface area contributed by atoms with Crippen molar-refractivity contribution in [1.82, 2.24) is 0 Å². The van der Waals surface area contributed by atoms with Crippen molar-refractivity contribution in [3.8, 4) is 0 Å². The van der Waals surface area contributed by atoms with Gasteiger partial charge in [0.1, 0.15) is 6.61 Å². The molecule has 1 aliphatic heterocycles. The molecule has 0 bridgehead atoms. The summed E-state index contributed by atoms with van der Waals surface area (Å²) in [4.78, 5) is 11.0. The summed E-state index contributed by atoms with van der Waals surface area (Å²) in [7, 11) is 0. The molecule has 0 amide bonds. The fraction of sp³-hybridized carbons (Fsp3) is 0.889. The Hall–Kier alpha value is -0.220. The maximum absolute atomic E-state index is 11.0. The lowest BCUT2D eigenvalue weighted by molar-refractivity contribution is -0.148. The van der Waals surface area contributed by atoms with Crippen LogP contribution in [0.2, 0.25) is 0 Å². The molecule has 3 nitrogen and oxygen atoms in total. The van der Waals surface area contributed by atoms with E-state index in [0.717, 1.165) is 19.4 Å². The molecule has 4 heteroatoms. The zero-order valence-electron chi connectivity index (χ0n) is 7.70. The van der Waals surface area contributed by atoms with E-state index >= 15 is 0 Å². The molecule has 0 spiro atoms. The van der Waals surface area contributed by atoms with Crippen molar-refractivity contribution in [3.05, 3.63) is 0 Å². The molecule has 0 saturated carbocycles. The zero-order valence-corrected chi connectivity index (χ0v) is 8.59. The molecule has 76 valence electrons. The van der Waals surface area contributed by atoms with E-state index < -0.39 is 0 Å². The molecule has 1 rings (SSSR count). The van der Waals surface area contributed by atoms with Gasteiger partial charge < -0.3 is 9.47 Å². The smallest absolute Gasteiger partial charge is 0.306 e. The second-order valence-corrected chi connectivity index (χ2v) is 3.59. The van der Waals surface area contributed by atoms with Crippen LogP contribution in [0.5, 0.6) is 0 Å². The average Bonchev–Trinajstić information content (AvgIpc) is 2.17. The molecule has 1 atom stereocenters. The van der Waals surface area contributed by atoms with Crippen molar-refractivity contribution >= 4 is 18.6 Å². The van der Waals surface area contributed by atoms with Gasteiger partial charge >= 0.3 is 5.97 Å².